The number of anilines is 1. The van der Waals surface area contributed by atoms with Gasteiger partial charge in [0.25, 0.3) is 0 Å². The highest BCUT2D eigenvalue weighted by molar-refractivity contribution is 6.32. The number of rotatable bonds is 9. The molecule has 0 heterocycles. The lowest BCUT2D eigenvalue weighted by Crippen LogP contribution is -2.22. The highest BCUT2D eigenvalue weighted by Gasteiger charge is 2.13. The largest absolute Gasteiger partial charge is 0.545 e. The van der Waals surface area contributed by atoms with E-state index in [0.29, 0.717) is 17.0 Å². The molecule has 0 bridgehead atoms. The Balaban J connectivity index is 2.10. The molecule has 0 saturated heterocycles. The Bertz CT molecular complexity index is 885. The van der Waals surface area contributed by atoms with Gasteiger partial charge in [-0.2, -0.15) is 5.10 Å². The zero-order valence-electron chi connectivity index (χ0n) is 15.2. The summed E-state index contributed by atoms with van der Waals surface area (Å²) in [7, 11) is 1.44. The molecule has 1 N–H and O–H groups in total. The molecule has 0 spiro atoms. The summed E-state index contributed by atoms with van der Waals surface area (Å²) >= 11 is 6.21. The van der Waals surface area contributed by atoms with E-state index in [2.05, 4.69) is 10.5 Å². The first-order valence-electron chi connectivity index (χ1n) is 8.21. The second kappa shape index (κ2) is 10.2. The average molecular weight is 406 g/mol. The SMILES string of the molecule is CCOC(=O)COc1c(Cl)cc(C=NNc2cccc(C(=O)[O-])c2)cc1OC. The van der Waals surface area contributed by atoms with Gasteiger partial charge in [-0.25, -0.2) is 4.79 Å². The molecule has 28 heavy (non-hydrogen) atoms. The van der Waals surface area contributed by atoms with Crippen LogP contribution in [0, 0.1) is 0 Å². The number of benzene rings is 2. The smallest absolute Gasteiger partial charge is 0.344 e. The van der Waals surface area contributed by atoms with E-state index in [1.807, 2.05) is 0 Å². The zero-order valence-corrected chi connectivity index (χ0v) is 16.0. The van der Waals surface area contributed by atoms with Crippen molar-refractivity contribution in [1.82, 2.24) is 0 Å². The van der Waals surface area contributed by atoms with Crippen LogP contribution in [0.4, 0.5) is 5.69 Å². The first kappa shape index (κ1) is 21.0. The number of methoxy groups -OCH3 is 1. The summed E-state index contributed by atoms with van der Waals surface area (Å²) in [4.78, 5) is 22.3. The molecule has 0 unspecified atom stereocenters. The van der Waals surface area contributed by atoms with Crippen LogP contribution >= 0.6 is 11.6 Å². The van der Waals surface area contributed by atoms with E-state index in [4.69, 9.17) is 25.8 Å². The third-order valence-corrected chi connectivity index (χ3v) is 3.68. The average Bonchev–Trinajstić information content (AvgIpc) is 2.67. The van der Waals surface area contributed by atoms with Crippen molar-refractivity contribution in [2.24, 2.45) is 5.10 Å². The summed E-state index contributed by atoms with van der Waals surface area (Å²) in [6, 6.07) is 9.24. The van der Waals surface area contributed by atoms with Crippen LogP contribution in [0.5, 0.6) is 11.5 Å². The third-order valence-electron chi connectivity index (χ3n) is 3.40. The topological polar surface area (TPSA) is 109 Å². The predicted octanol–water partition coefficient (Wildman–Crippen LogP) is 2.10. The minimum Gasteiger partial charge on any atom is -0.545 e. The van der Waals surface area contributed by atoms with Crippen molar-refractivity contribution >= 4 is 35.4 Å². The second-order valence-electron chi connectivity index (χ2n) is 5.37. The molecule has 0 amide bonds. The van der Waals surface area contributed by atoms with E-state index in [1.54, 1.807) is 31.2 Å². The van der Waals surface area contributed by atoms with Gasteiger partial charge < -0.3 is 24.1 Å². The Morgan fingerprint density at radius 2 is 2.07 bits per heavy atom. The van der Waals surface area contributed by atoms with E-state index in [0.717, 1.165) is 0 Å². The van der Waals surface area contributed by atoms with Gasteiger partial charge in [0.15, 0.2) is 18.1 Å². The van der Waals surface area contributed by atoms with Gasteiger partial charge in [-0.15, -0.1) is 0 Å². The summed E-state index contributed by atoms with van der Waals surface area (Å²) in [5, 5.41) is 15.1. The molecular weight excluding hydrogens is 388 g/mol. The summed E-state index contributed by atoms with van der Waals surface area (Å²) in [6.45, 7) is 1.65. The van der Waals surface area contributed by atoms with Crippen LogP contribution in [-0.4, -0.2) is 38.5 Å². The van der Waals surface area contributed by atoms with Gasteiger partial charge in [0.1, 0.15) is 0 Å². The van der Waals surface area contributed by atoms with E-state index >= 15 is 0 Å². The third kappa shape index (κ3) is 5.88. The predicted molar refractivity (Wildman–Crippen MR) is 102 cm³/mol. The standard InChI is InChI=1S/C19H19ClN2O6/c1-3-27-17(23)11-28-18-15(20)7-12(8-16(18)26-2)10-21-22-14-6-4-5-13(9-14)19(24)25/h4-10,22H,3,11H2,1-2H3,(H,24,25)/p-1. The van der Waals surface area contributed by atoms with Gasteiger partial charge in [0, 0.05) is 0 Å². The van der Waals surface area contributed by atoms with Crippen LogP contribution in [0.3, 0.4) is 0 Å². The Hall–Kier alpha value is -3.26. The summed E-state index contributed by atoms with van der Waals surface area (Å²) < 4.78 is 15.4. The normalized spacial score (nSPS) is 10.5. The molecular formula is C19H18ClN2O6-. The molecule has 0 fully saturated rings. The fourth-order valence-corrected chi connectivity index (χ4v) is 2.46. The van der Waals surface area contributed by atoms with Crippen molar-refractivity contribution in [3.63, 3.8) is 0 Å². The Labute approximate surface area is 166 Å². The first-order chi connectivity index (χ1) is 13.4. The van der Waals surface area contributed by atoms with E-state index in [-0.39, 0.29) is 29.5 Å². The molecule has 2 rings (SSSR count). The molecule has 148 valence electrons. The van der Waals surface area contributed by atoms with Crippen LogP contribution in [0.25, 0.3) is 0 Å². The Morgan fingerprint density at radius 3 is 2.75 bits per heavy atom. The molecule has 2 aromatic rings. The molecule has 0 atom stereocenters. The lowest BCUT2D eigenvalue weighted by Gasteiger charge is -2.12. The maximum Gasteiger partial charge on any atom is 0.344 e. The van der Waals surface area contributed by atoms with Crippen molar-refractivity contribution in [2.75, 3.05) is 25.7 Å². The monoisotopic (exact) mass is 405 g/mol. The molecule has 8 nitrogen and oxygen atoms in total. The number of ether oxygens (including phenoxy) is 3. The highest BCUT2D eigenvalue weighted by Crippen LogP contribution is 2.36. The van der Waals surface area contributed by atoms with E-state index in [1.165, 1.54) is 25.5 Å². The maximum atomic E-state index is 11.4. The zero-order chi connectivity index (χ0) is 20.5. The number of carboxylic acids is 1. The Morgan fingerprint density at radius 1 is 1.29 bits per heavy atom. The fraction of sp³-hybridized carbons (Fsp3) is 0.211. The summed E-state index contributed by atoms with van der Waals surface area (Å²) in [5.41, 5.74) is 3.82. The molecule has 0 aliphatic rings. The number of hydrogen-bond acceptors (Lipinski definition) is 8. The number of carbonyl (C=O) groups excluding carboxylic acids is 2. The van der Waals surface area contributed by atoms with Crippen molar-refractivity contribution < 1.29 is 28.9 Å². The fourth-order valence-electron chi connectivity index (χ4n) is 2.19. The molecule has 0 aromatic heterocycles. The van der Waals surface area contributed by atoms with Crippen LogP contribution < -0.4 is 20.0 Å². The van der Waals surface area contributed by atoms with Gasteiger partial charge in [-0.1, -0.05) is 23.7 Å². The molecule has 0 radical (unpaired) electrons. The van der Waals surface area contributed by atoms with E-state index in [9.17, 15) is 14.7 Å². The number of hydrogen-bond donors (Lipinski definition) is 1. The lowest BCUT2D eigenvalue weighted by molar-refractivity contribution is -0.255. The van der Waals surface area contributed by atoms with Crippen molar-refractivity contribution in [1.29, 1.82) is 0 Å². The second-order valence-corrected chi connectivity index (χ2v) is 5.77. The number of halogens is 1. The minimum absolute atomic E-state index is 0.0352. The molecule has 0 aliphatic heterocycles. The maximum absolute atomic E-state index is 11.4. The number of esters is 1. The lowest BCUT2D eigenvalue weighted by atomic mass is 10.2. The minimum atomic E-state index is -1.28. The number of hydrazone groups is 1. The quantitative estimate of drug-likeness (QED) is 0.386. The van der Waals surface area contributed by atoms with Crippen molar-refractivity contribution in [3.8, 4) is 11.5 Å². The number of carboxylic acid groups (broad SMARTS) is 1. The van der Waals surface area contributed by atoms with Gasteiger partial charge in [-0.3, -0.25) is 5.43 Å². The Kier molecular flexibility index (Phi) is 7.65. The van der Waals surface area contributed by atoms with Gasteiger partial charge >= 0.3 is 5.97 Å². The van der Waals surface area contributed by atoms with Crippen LogP contribution in [0.15, 0.2) is 41.5 Å². The number of nitrogens with zero attached hydrogens (tertiary/aromatic N) is 1. The summed E-state index contributed by atoms with van der Waals surface area (Å²) in [5.74, 6) is -1.27. The van der Waals surface area contributed by atoms with Crippen molar-refractivity contribution in [2.45, 2.75) is 6.92 Å². The molecule has 0 aliphatic carbocycles. The van der Waals surface area contributed by atoms with Gasteiger partial charge in [0.2, 0.25) is 0 Å². The molecule has 9 heteroatoms. The van der Waals surface area contributed by atoms with Crippen molar-refractivity contribution in [3.05, 3.63) is 52.5 Å². The number of nitrogens with one attached hydrogen (secondary N) is 1. The first-order valence-corrected chi connectivity index (χ1v) is 8.58. The van der Waals surface area contributed by atoms with Crippen LogP contribution in [0.1, 0.15) is 22.8 Å². The number of carbonyl (C=O) groups is 2. The van der Waals surface area contributed by atoms with Crippen LogP contribution in [0.2, 0.25) is 5.02 Å². The van der Waals surface area contributed by atoms with Crippen LogP contribution in [-0.2, 0) is 9.53 Å². The van der Waals surface area contributed by atoms with Gasteiger partial charge in [-0.05, 0) is 42.3 Å². The summed E-state index contributed by atoms with van der Waals surface area (Å²) in [6.07, 6.45) is 1.47. The highest BCUT2D eigenvalue weighted by atomic mass is 35.5. The molecule has 0 saturated carbocycles. The molecule has 2 aromatic carbocycles. The number of aromatic carboxylic acids is 1. The van der Waals surface area contributed by atoms with Gasteiger partial charge in [0.05, 0.1) is 36.6 Å². The van der Waals surface area contributed by atoms with E-state index < -0.39 is 11.9 Å².